The Hall–Kier alpha value is -2.99. The Kier molecular flexibility index (Phi) is 9.40. The number of rotatable bonds is 12. The monoisotopic (exact) mass is 440 g/mol. The van der Waals surface area contributed by atoms with Gasteiger partial charge in [-0.15, -0.1) is 11.8 Å². The third-order valence-electron chi connectivity index (χ3n) is 4.65. The van der Waals surface area contributed by atoms with Crippen molar-refractivity contribution in [2.45, 2.75) is 24.7 Å². The highest BCUT2D eigenvalue weighted by molar-refractivity contribution is 7.98. The first kappa shape index (κ1) is 24.3. The van der Waals surface area contributed by atoms with Crippen LogP contribution < -0.4 is 9.47 Å². The van der Waals surface area contributed by atoms with Gasteiger partial charge in [-0.25, -0.2) is 0 Å². The molecule has 0 atom stereocenters. The van der Waals surface area contributed by atoms with Crippen molar-refractivity contribution in [3.8, 4) is 11.5 Å². The molecule has 0 aliphatic heterocycles. The van der Waals surface area contributed by atoms with Gasteiger partial charge in [-0.3, -0.25) is 9.59 Å². The minimum Gasteiger partial charge on any atom is -0.489 e. The van der Waals surface area contributed by atoms with E-state index in [0.717, 1.165) is 10.5 Å². The van der Waals surface area contributed by atoms with E-state index in [9.17, 15) is 9.59 Å². The lowest BCUT2D eigenvalue weighted by molar-refractivity contribution is -0.139. The molecule has 31 heavy (non-hydrogen) atoms. The lowest BCUT2D eigenvalue weighted by Crippen LogP contribution is -2.16. The van der Waals surface area contributed by atoms with Crippen molar-refractivity contribution >= 4 is 23.5 Å². The van der Waals surface area contributed by atoms with E-state index in [1.54, 1.807) is 36.0 Å². The summed E-state index contributed by atoms with van der Waals surface area (Å²) < 4.78 is 16.6. The number of carbonyl (C=O) groups excluding carboxylic acids is 2. The summed E-state index contributed by atoms with van der Waals surface area (Å²) in [6.07, 6.45) is 5.67. The molecule has 0 amide bonds. The van der Waals surface area contributed by atoms with Crippen LogP contribution in [0.1, 0.15) is 34.0 Å². The summed E-state index contributed by atoms with van der Waals surface area (Å²) in [5.41, 5.74) is 2.17. The largest absolute Gasteiger partial charge is 0.489 e. The van der Waals surface area contributed by atoms with Gasteiger partial charge in [-0.05, 0) is 35.9 Å². The smallest absolute Gasteiger partial charge is 0.310 e. The van der Waals surface area contributed by atoms with E-state index in [0.29, 0.717) is 34.6 Å². The third kappa shape index (κ3) is 6.01. The number of hydrogen-bond acceptors (Lipinski definition) is 6. The lowest BCUT2D eigenvalue weighted by Gasteiger charge is -2.21. The molecule has 0 spiro atoms. The number of benzene rings is 2. The van der Waals surface area contributed by atoms with Gasteiger partial charge in [-0.1, -0.05) is 44.4 Å². The van der Waals surface area contributed by atoms with Crippen LogP contribution in [0.15, 0.2) is 60.5 Å². The quantitative estimate of drug-likeness (QED) is 0.199. The van der Waals surface area contributed by atoms with E-state index in [2.05, 4.69) is 13.2 Å². The van der Waals surface area contributed by atoms with Crippen molar-refractivity contribution in [1.29, 1.82) is 0 Å². The fraction of sp³-hybridized carbons (Fsp3) is 0.280. The Morgan fingerprint density at radius 2 is 1.71 bits per heavy atom. The summed E-state index contributed by atoms with van der Waals surface area (Å²) in [7, 11) is 1.32. The van der Waals surface area contributed by atoms with Crippen LogP contribution in [0.2, 0.25) is 0 Å². The van der Waals surface area contributed by atoms with E-state index in [1.165, 1.54) is 7.11 Å². The van der Waals surface area contributed by atoms with Crippen molar-refractivity contribution < 1.29 is 23.8 Å². The second-order valence-electron chi connectivity index (χ2n) is 6.57. The highest BCUT2D eigenvalue weighted by atomic mass is 32.2. The van der Waals surface area contributed by atoms with Gasteiger partial charge in [0.15, 0.2) is 5.78 Å². The number of thioether (sulfide) groups is 1. The topological polar surface area (TPSA) is 61.8 Å². The van der Waals surface area contributed by atoms with Gasteiger partial charge in [0.25, 0.3) is 0 Å². The van der Waals surface area contributed by atoms with Crippen LogP contribution in [-0.4, -0.2) is 38.3 Å². The molecule has 0 saturated carbocycles. The summed E-state index contributed by atoms with van der Waals surface area (Å²) >= 11 is 1.55. The molecule has 2 rings (SSSR count). The fourth-order valence-corrected chi connectivity index (χ4v) is 3.68. The normalized spacial score (nSPS) is 10.3. The van der Waals surface area contributed by atoms with E-state index >= 15 is 0 Å². The van der Waals surface area contributed by atoms with Crippen LogP contribution in [0, 0.1) is 0 Å². The lowest BCUT2D eigenvalue weighted by atomic mass is 9.90. The van der Waals surface area contributed by atoms with E-state index in [4.69, 9.17) is 14.2 Å². The molecule has 164 valence electrons. The molecule has 0 bridgehead atoms. The molecule has 2 aromatic rings. The Labute approximate surface area is 188 Å². The van der Waals surface area contributed by atoms with Crippen molar-refractivity contribution in [2.75, 3.05) is 26.6 Å². The van der Waals surface area contributed by atoms with Gasteiger partial charge in [0.2, 0.25) is 0 Å². The van der Waals surface area contributed by atoms with Gasteiger partial charge in [0, 0.05) is 16.5 Å². The number of methoxy groups -OCH3 is 1. The number of ether oxygens (including phenoxy) is 3. The molecule has 0 aromatic heterocycles. The van der Waals surface area contributed by atoms with Crippen LogP contribution in [-0.2, 0) is 22.4 Å². The zero-order valence-corrected chi connectivity index (χ0v) is 19.1. The SMILES string of the molecule is C=CCOc1cc(OCC=C)c(C(=O)c2cccc(SC)c2)c(CC(=O)OC)c1CC. The predicted molar refractivity (Wildman–Crippen MR) is 125 cm³/mol. The second kappa shape index (κ2) is 12.0. The average Bonchev–Trinajstić information content (AvgIpc) is 2.80. The standard InChI is InChI=1S/C25H28O5S/c1-6-12-29-21-16-22(30-13-7-2)24(20(19(21)8-3)15-23(26)28-4)25(27)17-10-9-11-18(14-17)31-5/h6-7,9-11,14,16H,1-2,8,12-13,15H2,3-5H3. The molecule has 0 aliphatic carbocycles. The molecule has 0 N–H and O–H groups in total. The number of ketones is 1. The van der Waals surface area contributed by atoms with Gasteiger partial charge >= 0.3 is 5.97 Å². The van der Waals surface area contributed by atoms with Gasteiger partial charge in [-0.2, -0.15) is 0 Å². The van der Waals surface area contributed by atoms with E-state index in [1.807, 2.05) is 31.4 Å². The molecule has 0 aliphatic rings. The Balaban J connectivity index is 2.78. The zero-order chi connectivity index (χ0) is 22.8. The Morgan fingerprint density at radius 1 is 1.03 bits per heavy atom. The fourth-order valence-electron chi connectivity index (χ4n) is 3.22. The van der Waals surface area contributed by atoms with Crippen LogP contribution in [0.25, 0.3) is 0 Å². The van der Waals surface area contributed by atoms with Crippen LogP contribution in [0.3, 0.4) is 0 Å². The predicted octanol–water partition coefficient (Wildman–Crippen LogP) is 5.05. The maximum absolute atomic E-state index is 13.7. The average molecular weight is 441 g/mol. The van der Waals surface area contributed by atoms with Crippen molar-refractivity contribution in [1.82, 2.24) is 0 Å². The molecule has 0 heterocycles. The van der Waals surface area contributed by atoms with Crippen LogP contribution >= 0.6 is 11.8 Å². The van der Waals surface area contributed by atoms with Crippen LogP contribution in [0.4, 0.5) is 0 Å². The highest BCUT2D eigenvalue weighted by Crippen LogP contribution is 2.37. The minimum atomic E-state index is -0.447. The number of hydrogen-bond donors (Lipinski definition) is 0. The third-order valence-corrected chi connectivity index (χ3v) is 5.37. The summed E-state index contributed by atoms with van der Waals surface area (Å²) in [4.78, 5) is 26.9. The molecule has 6 heteroatoms. The van der Waals surface area contributed by atoms with Crippen LogP contribution in [0.5, 0.6) is 11.5 Å². The van der Waals surface area contributed by atoms with Crippen molar-refractivity contribution in [3.05, 3.63) is 77.9 Å². The molecular weight excluding hydrogens is 412 g/mol. The summed E-state index contributed by atoms with van der Waals surface area (Å²) in [5, 5.41) is 0. The summed E-state index contributed by atoms with van der Waals surface area (Å²) in [5.74, 6) is 0.223. The molecule has 0 radical (unpaired) electrons. The van der Waals surface area contributed by atoms with Gasteiger partial charge in [0.05, 0.1) is 19.1 Å². The van der Waals surface area contributed by atoms with Gasteiger partial charge < -0.3 is 14.2 Å². The van der Waals surface area contributed by atoms with Crippen molar-refractivity contribution in [2.24, 2.45) is 0 Å². The number of carbonyl (C=O) groups is 2. The molecule has 0 saturated heterocycles. The first-order valence-electron chi connectivity index (χ1n) is 9.92. The molecule has 0 unspecified atom stereocenters. The molecule has 2 aromatic carbocycles. The maximum Gasteiger partial charge on any atom is 0.310 e. The zero-order valence-electron chi connectivity index (χ0n) is 18.2. The Morgan fingerprint density at radius 3 is 2.29 bits per heavy atom. The maximum atomic E-state index is 13.7. The minimum absolute atomic E-state index is 0.0707. The number of esters is 1. The highest BCUT2D eigenvalue weighted by Gasteiger charge is 2.27. The van der Waals surface area contributed by atoms with Crippen molar-refractivity contribution in [3.63, 3.8) is 0 Å². The molecule has 0 fully saturated rings. The first-order chi connectivity index (χ1) is 15.0. The molecular formula is C25H28O5S. The van der Waals surface area contributed by atoms with E-state index < -0.39 is 5.97 Å². The first-order valence-corrected chi connectivity index (χ1v) is 11.1. The summed E-state index contributed by atoms with van der Waals surface area (Å²) in [6.45, 7) is 9.82. The Bertz CT molecular complexity index is 965. The summed E-state index contributed by atoms with van der Waals surface area (Å²) in [6, 6.07) is 9.08. The molecule has 5 nitrogen and oxygen atoms in total. The van der Waals surface area contributed by atoms with Gasteiger partial charge in [0.1, 0.15) is 24.7 Å². The second-order valence-corrected chi connectivity index (χ2v) is 7.45. The van der Waals surface area contributed by atoms with E-state index in [-0.39, 0.29) is 25.4 Å².